The van der Waals surface area contributed by atoms with E-state index in [1.165, 1.54) is 5.69 Å². The molecular weight excluding hydrogens is 288 g/mol. The van der Waals surface area contributed by atoms with Gasteiger partial charge in [0.1, 0.15) is 0 Å². The van der Waals surface area contributed by atoms with Crippen LogP contribution in [-0.2, 0) is 19.9 Å². The fourth-order valence-electron chi connectivity index (χ4n) is 1.64. The number of aromatic nitrogens is 2. The first-order valence-electron chi connectivity index (χ1n) is 5.29. The molecule has 0 bridgehead atoms. The number of nitrogens with one attached hydrogen (secondary N) is 1. The topological polar surface area (TPSA) is 55.9 Å². The van der Waals surface area contributed by atoms with Gasteiger partial charge in [-0.1, -0.05) is 6.92 Å². The van der Waals surface area contributed by atoms with E-state index in [9.17, 15) is 0 Å². The Hall–Kier alpha value is -0.0400. The Bertz CT molecular complexity index is 340. The first kappa shape index (κ1) is 14.0. The SMILES string of the molecule is CCc1nn(C)c(CC(CSC)NN)c1Br. The van der Waals surface area contributed by atoms with Gasteiger partial charge < -0.3 is 0 Å². The van der Waals surface area contributed by atoms with Crippen LogP contribution in [-0.4, -0.2) is 27.8 Å². The van der Waals surface area contributed by atoms with Gasteiger partial charge in [-0.05, 0) is 28.6 Å². The van der Waals surface area contributed by atoms with E-state index in [2.05, 4.69) is 39.6 Å². The molecule has 92 valence electrons. The summed E-state index contributed by atoms with van der Waals surface area (Å²) < 4.78 is 3.06. The van der Waals surface area contributed by atoms with Crippen molar-refractivity contribution in [1.82, 2.24) is 15.2 Å². The summed E-state index contributed by atoms with van der Waals surface area (Å²) in [6, 6.07) is 0.284. The fraction of sp³-hybridized carbons (Fsp3) is 0.700. The minimum Gasteiger partial charge on any atom is -0.271 e. The molecule has 1 atom stereocenters. The molecule has 3 N–H and O–H groups in total. The molecule has 0 spiro atoms. The molecule has 0 saturated heterocycles. The van der Waals surface area contributed by atoms with E-state index in [1.54, 1.807) is 11.8 Å². The molecule has 1 aromatic rings. The summed E-state index contributed by atoms with van der Waals surface area (Å²) in [5.41, 5.74) is 5.16. The third-order valence-corrected chi connectivity index (χ3v) is 4.20. The molecule has 0 aliphatic rings. The minimum absolute atomic E-state index is 0.284. The molecule has 0 aromatic carbocycles. The molecule has 1 aromatic heterocycles. The summed E-state index contributed by atoms with van der Waals surface area (Å²) >= 11 is 5.40. The molecular formula is C10H19BrN4S. The monoisotopic (exact) mass is 306 g/mol. The first-order chi connectivity index (χ1) is 7.63. The predicted molar refractivity (Wildman–Crippen MR) is 73.5 cm³/mol. The van der Waals surface area contributed by atoms with Crippen LogP contribution in [0.4, 0.5) is 0 Å². The largest absolute Gasteiger partial charge is 0.271 e. The molecule has 0 aliphatic carbocycles. The molecule has 16 heavy (non-hydrogen) atoms. The van der Waals surface area contributed by atoms with Crippen LogP contribution in [0.2, 0.25) is 0 Å². The molecule has 0 amide bonds. The quantitative estimate of drug-likeness (QED) is 0.617. The van der Waals surface area contributed by atoms with Gasteiger partial charge in [-0.15, -0.1) is 0 Å². The summed E-state index contributed by atoms with van der Waals surface area (Å²) in [7, 11) is 1.98. The Morgan fingerprint density at radius 2 is 2.31 bits per heavy atom. The second-order valence-electron chi connectivity index (χ2n) is 3.71. The molecule has 4 nitrogen and oxygen atoms in total. The fourth-order valence-corrected chi connectivity index (χ4v) is 3.04. The molecule has 6 heteroatoms. The zero-order valence-corrected chi connectivity index (χ0v) is 12.4. The van der Waals surface area contributed by atoms with Crippen LogP contribution in [0.15, 0.2) is 4.47 Å². The zero-order valence-electron chi connectivity index (χ0n) is 9.96. The van der Waals surface area contributed by atoms with Gasteiger partial charge in [-0.25, -0.2) is 0 Å². The number of thioether (sulfide) groups is 1. The lowest BCUT2D eigenvalue weighted by Gasteiger charge is -2.14. The summed E-state index contributed by atoms with van der Waals surface area (Å²) in [5.74, 6) is 6.53. The number of halogens is 1. The standard InChI is InChI=1S/C10H19BrN4S/c1-4-8-10(11)9(15(2)14-8)5-7(13-12)6-16-3/h7,13H,4-6,12H2,1-3H3. The van der Waals surface area contributed by atoms with Crippen LogP contribution < -0.4 is 11.3 Å². The maximum absolute atomic E-state index is 5.54. The van der Waals surface area contributed by atoms with Gasteiger partial charge in [0.05, 0.1) is 15.9 Å². The summed E-state index contributed by atoms with van der Waals surface area (Å²) in [6.45, 7) is 2.11. The molecule has 1 unspecified atom stereocenters. The summed E-state index contributed by atoms with van der Waals surface area (Å²) in [5, 5.41) is 4.47. The van der Waals surface area contributed by atoms with Gasteiger partial charge in [0, 0.05) is 25.3 Å². The molecule has 1 rings (SSSR count). The maximum Gasteiger partial charge on any atom is 0.0766 e. The third kappa shape index (κ3) is 3.23. The third-order valence-electron chi connectivity index (χ3n) is 2.55. The predicted octanol–water partition coefficient (Wildman–Crippen LogP) is 1.48. The van der Waals surface area contributed by atoms with Crippen molar-refractivity contribution in [3.63, 3.8) is 0 Å². The smallest absolute Gasteiger partial charge is 0.0766 e. The van der Waals surface area contributed by atoms with Crippen LogP contribution >= 0.6 is 27.7 Å². The van der Waals surface area contributed by atoms with Crippen molar-refractivity contribution >= 4 is 27.7 Å². The summed E-state index contributed by atoms with van der Waals surface area (Å²) in [6.07, 6.45) is 3.92. The van der Waals surface area contributed by atoms with Crippen molar-refractivity contribution in [2.45, 2.75) is 25.8 Å². The van der Waals surface area contributed by atoms with Gasteiger partial charge in [0.25, 0.3) is 0 Å². The van der Waals surface area contributed by atoms with E-state index in [4.69, 9.17) is 5.84 Å². The molecule has 0 saturated carbocycles. The second-order valence-corrected chi connectivity index (χ2v) is 5.41. The average molecular weight is 307 g/mol. The van der Waals surface area contributed by atoms with Crippen LogP contribution in [0.3, 0.4) is 0 Å². The van der Waals surface area contributed by atoms with Gasteiger partial charge in [-0.2, -0.15) is 16.9 Å². The molecule has 1 heterocycles. The van der Waals surface area contributed by atoms with E-state index in [-0.39, 0.29) is 6.04 Å². The van der Waals surface area contributed by atoms with Crippen molar-refractivity contribution in [2.75, 3.05) is 12.0 Å². The number of nitrogens with zero attached hydrogens (tertiary/aromatic N) is 2. The van der Waals surface area contributed by atoms with Crippen LogP contribution in [0.5, 0.6) is 0 Å². The number of nitrogens with two attached hydrogens (primary N) is 1. The van der Waals surface area contributed by atoms with Crippen molar-refractivity contribution in [2.24, 2.45) is 12.9 Å². The highest BCUT2D eigenvalue weighted by molar-refractivity contribution is 9.10. The number of aryl methyl sites for hydroxylation is 2. The highest BCUT2D eigenvalue weighted by Gasteiger charge is 2.16. The first-order valence-corrected chi connectivity index (χ1v) is 7.48. The van der Waals surface area contributed by atoms with Crippen molar-refractivity contribution in [3.8, 4) is 0 Å². The maximum atomic E-state index is 5.54. The van der Waals surface area contributed by atoms with E-state index >= 15 is 0 Å². The highest BCUT2D eigenvalue weighted by Crippen LogP contribution is 2.23. The van der Waals surface area contributed by atoms with E-state index in [0.717, 1.165) is 28.8 Å². The normalized spacial score (nSPS) is 13.1. The number of rotatable bonds is 6. The van der Waals surface area contributed by atoms with Crippen molar-refractivity contribution < 1.29 is 0 Å². The lowest BCUT2D eigenvalue weighted by Crippen LogP contribution is -2.39. The van der Waals surface area contributed by atoms with Gasteiger partial charge in [0.2, 0.25) is 0 Å². The lowest BCUT2D eigenvalue weighted by atomic mass is 10.1. The van der Waals surface area contributed by atoms with Crippen LogP contribution in [0, 0.1) is 0 Å². The van der Waals surface area contributed by atoms with Gasteiger partial charge in [0.15, 0.2) is 0 Å². The average Bonchev–Trinajstić information content (AvgIpc) is 2.55. The Labute approximate surface area is 109 Å². The Morgan fingerprint density at radius 1 is 1.62 bits per heavy atom. The van der Waals surface area contributed by atoms with Crippen LogP contribution in [0.1, 0.15) is 18.3 Å². The molecule has 0 aliphatic heterocycles. The van der Waals surface area contributed by atoms with Crippen LogP contribution in [0.25, 0.3) is 0 Å². The van der Waals surface area contributed by atoms with Crippen molar-refractivity contribution in [3.05, 3.63) is 15.9 Å². The van der Waals surface area contributed by atoms with Gasteiger partial charge in [-0.3, -0.25) is 16.0 Å². The highest BCUT2D eigenvalue weighted by atomic mass is 79.9. The number of hydrogen-bond acceptors (Lipinski definition) is 4. The second kappa shape index (κ2) is 6.64. The van der Waals surface area contributed by atoms with E-state index in [1.807, 2.05) is 11.7 Å². The van der Waals surface area contributed by atoms with Gasteiger partial charge >= 0.3 is 0 Å². The Balaban J connectivity index is 2.82. The van der Waals surface area contributed by atoms with E-state index < -0.39 is 0 Å². The summed E-state index contributed by atoms with van der Waals surface area (Å²) in [4.78, 5) is 0. The Morgan fingerprint density at radius 3 is 2.75 bits per heavy atom. The Kier molecular flexibility index (Phi) is 5.82. The molecule has 0 radical (unpaired) electrons. The number of hydrazine groups is 1. The van der Waals surface area contributed by atoms with E-state index in [0.29, 0.717) is 0 Å². The number of hydrogen-bond donors (Lipinski definition) is 2. The zero-order chi connectivity index (χ0) is 12.1. The minimum atomic E-state index is 0.284. The van der Waals surface area contributed by atoms with Crippen molar-refractivity contribution in [1.29, 1.82) is 0 Å². The lowest BCUT2D eigenvalue weighted by molar-refractivity contribution is 0.550. The molecule has 0 fully saturated rings.